The third kappa shape index (κ3) is 4.44. The maximum absolute atomic E-state index is 14.0. The number of anilines is 1. The van der Waals surface area contributed by atoms with E-state index in [1.165, 1.54) is 4.31 Å². The van der Waals surface area contributed by atoms with E-state index in [9.17, 15) is 18.3 Å². The smallest absolute Gasteiger partial charge is 0.252 e. The number of rotatable bonds is 5. The van der Waals surface area contributed by atoms with Gasteiger partial charge < -0.3 is 19.7 Å². The van der Waals surface area contributed by atoms with Crippen LogP contribution in [0.25, 0.3) is 10.9 Å². The van der Waals surface area contributed by atoms with Crippen molar-refractivity contribution in [2.45, 2.75) is 56.2 Å². The van der Waals surface area contributed by atoms with Gasteiger partial charge in [0.15, 0.2) is 0 Å². The highest BCUT2D eigenvalue weighted by molar-refractivity contribution is 7.89. The largest absolute Gasteiger partial charge is 0.490 e. The van der Waals surface area contributed by atoms with Gasteiger partial charge in [0.1, 0.15) is 12.4 Å². The van der Waals surface area contributed by atoms with Gasteiger partial charge in [0.25, 0.3) is 5.56 Å². The number of aliphatic hydroxyl groups excluding tert-OH is 1. The zero-order valence-corrected chi connectivity index (χ0v) is 20.8. The molecule has 0 spiro atoms. The highest BCUT2D eigenvalue weighted by Gasteiger charge is 2.38. The molecule has 2 N–H and O–H groups in total. The Bertz CT molecular complexity index is 1420. The minimum Gasteiger partial charge on any atom is -0.490 e. The number of aromatic amines is 1. The third-order valence-corrected chi connectivity index (χ3v) is 9.06. The fraction of sp³-hybridized carbons (Fsp3) is 0.423. The van der Waals surface area contributed by atoms with E-state index in [-0.39, 0.29) is 17.0 Å². The Balaban J connectivity index is 1.58. The van der Waals surface area contributed by atoms with Crippen molar-refractivity contribution < 1.29 is 18.3 Å². The van der Waals surface area contributed by atoms with Gasteiger partial charge in [-0.2, -0.15) is 4.31 Å². The van der Waals surface area contributed by atoms with Gasteiger partial charge in [-0.3, -0.25) is 4.79 Å². The van der Waals surface area contributed by atoms with E-state index in [1.54, 1.807) is 24.3 Å². The molecule has 0 radical (unpaired) electrons. The average molecular weight is 498 g/mol. The minimum absolute atomic E-state index is 0.0948. The molecular weight excluding hydrogens is 466 g/mol. The zero-order chi connectivity index (χ0) is 24.7. The SMILES string of the molecule is Cc1cccc2cc(CN([C@@H]3CCCC[C@@H]3O)S(=O)(=O)c3ccc4c(c3)OCCN4C)c(=O)[nH]c12. The van der Waals surface area contributed by atoms with Crippen LogP contribution in [0.2, 0.25) is 0 Å². The summed E-state index contributed by atoms with van der Waals surface area (Å²) in [5.41, 5.74) is 2.54. The number of aryl methyl sites for hydroxylation is 1. The van der Waals surface area contributed by atoms with E-state index in [2.05, 4.69) is 4.98 Å². The highest BCUT2D eigenvalue weighted by Crippen LogP contribution is 2.36. The molecule has 2 heterocycles. The van der Waals surface area contributed by atoms with Crippen LogP contribution in [0, 0.1) is 6.92 Å². The molecule has 1 saturated carbocycles. The lowest BCUT2D eigenvalue weighted by Gasteiger charge is -2.37. The molecule has 3 aromatic rings. The molecule has 1 fully saturated rings. The molecule has 2 aromatic carbocycles. The predicted molar refractivity (Wildman–Crippen MR) is 136 cm³/mol. The van der Waals surface area contributed by atoms with Crippen LogP contribution < -0.4 is 15.2 Å². The number of H-pyrrole nitrogens is 1. The molecule has 0 amide bonds. The van der Waals surface area contributed by atoms with Crippen LogP contribution in [0.1, 0.15) is 36.8 Å². The Hall–Kier alpha value is -2.88. The molecule has 2 atom stereocenters. The summed E-state index contributed by atoms with van der Waals surface area (Å²) in [5, 5.41) is 11.6. The molecule has 8 nitrogen and oxygen atoms in total. The van der Waals surface area contributed by atoms with Crippen molar-refractivity contribution >= 4 is 26.6 Å². The summed E-state index contributed by atoms with van der Waals surface area (Å²) >= 11 is 0. The van der Waals surface area contributed by atoms with Crippen molar-refractivity contribution in [2.24, 2.45) is 0 Å². The fourth-order valence-electron chi connectivity index (χ4n) is 5.16. The van der Waals surface area contributed by atoms with Crippen LogP contribution in [0.15, 0.2) is 52.2 Å². The van der Waals surface area contributed by atoms with Crippen LogP contribution in [0.4, 0.5) is 5.69 Å². The number of benzene rings is 2. The number of para-hydroxylation sites is 1. The normalized spacial score (nSPS) is 20.6. The second-order valence-corrected chi connectivity index (χ2v) is 11.4. The van der Waals surface area contributed by atoms with Crippen molar-refractivity contribution in [1.29, 1.82) is 0 Å². The second-order valence-electron chi connectivity index (χ2n) is 9.53. The Labute approximate surface area is 205 Å². The maximum Gasteiger partial charge on any atom is 0.252 e. The quantitative estimate of drug-likeness (QED) is 0.561. The monoisotopic (exact) mass is 497 g/mol. The van der Waals surface area contributed by atoms with E-state index in [1.807, 2.05) is 37.1 Å². The Morgan fingerprint density at radius 2 is 1.97 bits per heavy atom. The average Bonchev–Trinajstić information content (AvgIpc) is 2.84. The predicted octanol–water partition coefficient (Wildman–Crippen LogP) is 3.16. The van der Waals surface area contributed by atoms with Gasteiger partial charge in [0.05, 0.1) is 34.8 Å². The van der Waals surface area contributed by atoms with Gasteiger partial charge >= 0.3 is 0 Å². The molecule has 0 bridgehead atoms. The third-order valence-electron chi connectivity index (χ3n) is 7.19. The van der Waals surface area contributed by atoms with Crippen molar-refractivity contribution in [3.63, 3.8) is 0 Å². The first kappa shape index (κ1) is 23.8. The standard InChI is InChI=1S/C26H31N3O5S/c1-17-6-5-7-18-14-19(26(31)27-25(17)18)16-29(21-8-3-4-9-23(21)30)35(32,33)20-10-11-22-24(15-20)34-13-12-28(22)2/h5-7,10-11,14-15,21,23,30H,3-4,8-9,12-13,16H2,1-2H3,(H,27,31)/t21-,23+/m1/s1. The van der Waals surface area contributed by atoms with Crippen molar-refractivity contribution in [1.82, 2.24) is 9.29 Å². The fourth-order valence-corrected chi connectivity index (χ4v) is 6.83. The molecule has 5 rings (SSSR count). The molecule has 0 saturated heterocycles. The number of aromatic nitrogens is 1. The van der Waals surface area contributed by atoms with E-state index >= 15 is 0 Å². The Morgan fingerprint density at radius 3 is 2.77 bits per heavy atom. The van der Waals surface area contributed by atoms with Crippen molar-refractivity contribution in [3.05, 3.63) is 63.9 Å². The summed E-state index contributed by atoms with van der Waals surface area (Å²) in [7, 11) is -2.10. The van der Waals surface area contributed by atoms with Gasteiger partial charge in [0, 0.05) is 25.2 Å². The summed E-state index contributed by atoms with van der Waals surface area (Å²) in [6.45, 7) is 3.00. The van der Waals surface area contributed by atoms with Crippen LogP contribution in [0.3, 0.4) is 0 Å². The van der Waals surface area contributed by atoms with Crippen LogP contribution in [0.5, 0.6) is 5.75 Å². The number of sulfonamides is 1. The highest BCUT2D eigenvalue weighted by atomic mass is 32.2. The summed E-state index contributed by atoms with van der Waals surface area (Å²) in [6, 6.07) is 11.7. The minimum atomic E-state index is -4.04. The van der Waals surface area contributed by atoms with Gasteiger partial charge in [-0.25, -0.2) is 8.42 Å². The number of hydrogen-bond acceptors (Lipinski definition) is 6. The summed E-state index contributed by atoms with van der Waals surface area (Å²) in [6.07, 6.45) is 1.94. The molecule has 186 valence electrons. The lowest BCUT2D eigenvalue weighted by Crippen LogP contribution is -2.48. The number of nitrogens with one attached hydrogen (secondary N) is 1. The van der Waals surface area contributed by atoms with Gasteiger partial charge in [0.2, 0.25) is 10.0 Å². The van der Waals surface area contributed by atoms with Gasteiger partial charge in [-0.1, -0.05) is 31.0 Å². The molecule has 9 heteroatoms. The first-order valence-electron chi connectivity index (χ1n) is 12.0. The number of pyridine rings is 1. The number of fused-ring (bicyclic) bond motifs is 2. The second kappa shape index (κ2) is 9.29. The maximum atomic E-state index is 14.0. The number of nitrogens with zero attached hydrogens (tertiary/aromatic N) is 2. The first-order valence-corrected chi connectivity index (χ1v) is 13.5. The van der Waals surface area contributed by atoms with E-state index in [4.69, 9.17) is 4.74 Å². The molecule has 0 unspecified atom stereocenters. The lowest BCUT2D eigenvalue weighted by atomic mass is 9.92. The van der Waals surface area contributed by atoms with Crippen molar-refractivity contribution in [3.8, 4) is 5.75 Å². The lowest BCUT2D eigenvalue weighted by molar-refractivity contribution is 0.0532. The topological polar surface area (TPSA) is 103 Å². The number of hydrogen-bond donors (Lipinski definition) is 2. The van der Waals surface area contributed by atoms with Crippen molar-refractivity contribution in [2.75, 3.05) is 25.1 Å². The number of likely N-dealkylation sites (N-methyl/N-ethyl adjacent to an activating group) is 1. The number of aliphatic hydroxyl groups is 1. The summed E-state index contributed by atoms with van der Waals surface area (Å²) < 4.78 is 35.1. The molecule has 1 aromatic heterocycles. The van der Waals surface area contributed by atoms with E-state index in [0.717, 1.165) is 41.5 Å². The molecular formula is C26H31N3O5S. The zero-order valence-electron chi connectivity index (χ0n) is 20.0. The van der Waals surface area contributed by atoms with E-state index < -0.39 is 22.2 Å². The Morgan fingerprint density at radius 1 is 1.17 bits per heavy atom. The van der Waals surface area contributed by atoms with Crippen LogP contribution in [-0.4, -0.2) is 55.2 Å². The molecule has 1 aliphatic heterocycles. The summed E-state index contributed by atoms with van der Waals surface area (Å²) in [5.74, 6) is 0.517. The molecule has 1 aliphatic carbocycles. The summed E-state index contributed by atoms with van der Waals surface area (Å²) in [4.78, 5) is 18.0. The van der Waals surface area contributed by atoms with Crippen LogP contribution in [-0.2, 0) is 16.6 Å². The molecule has 2 aliphatic rings. The van der Waals surface area contributed by atoms with Gasteiger partial charge in [-0.15, -0.1) is 0 Å². The first-order chi connectivity index (χ1) is 16.8. The van der Waals surface area contributed by atoms with Crippen LogP contribution >= 0.6 is 0 Å². The molecule has 35 heavy (non-hydrogen) atoms. The van der Waals surface area contributed by atoms with E-state index in [0.29, 0.717) is 30.8 Å². The van der Waals surface area contributed by atoms with Gasteiger partial charge in [-0.05, 0) is 48.9 Å². The Kier molecular flexibility index (Phi) is 6.33. The number of ether oxygens (including phenoxy) is 1.